The summed E-state index contributed by atoms with van der Waals surface area (Å²) < 4.78 is 0.787. The maximum atomic E-state index is 12.0. The number of nitrogens with one attached hydrogen (secondary N) is 2. The van der Waals surface area contributed by atoms with Crippen LogP contribution in [0.2, 0.25) is 0 Å². The molecular weight excluding hydrogens is 298 g/mol. The number of hydrogen-bond acceptors (Lipinski definition) is 6. The average molecular weight is 313 g/mol. The summed E-state index contributed by atoms with van der Waals surface area (Å²) in [5, 5.41) is 7.71. The number of carbonyl (C=O) groups excluding carboxylic acids is 1. The number of thiophene rings is 1. The number of carbonyl (C=O) groups is 1. The number of amides is 1. The monoisotopic (exact) mass is 313 g/mol. The first-order chi connectivity index (χ1) is 10.7. The molecule has 3 aromatic heterocycles. The van der Waals surface area contributed by atoms with Crippen LogP contribution in [0.3, 0.4) is 0 Å². The van der Waals surface area contributed by atoms with Gasteiger partial charge in [-0.3, -0.25) is 9.78 Å². The van der Waals surface area contributed by atoms with Gasteiger partial charge in [0.15, 0.2) is 5.69 Å². The van der Waals surface area contributed by atoms with Crippen molar-refractivity contribution in [1.82, 2.24) is 20.3 Å². The van der Waals surface area contributed by atoms with Gasteiger partial charge in [0.05, 0.1) is 22.0 Å². The number of nitrogens with zero attached hydrogens (tertiary/aromatic N) is 3. The second-order valence-corrected chi connectivity index (χ2v) is 5.65. The molecule has 0 aromatic carbocycles. The van der Waals surface area contributed by atoms with Crippen molar-refractivity contribution in [1.29, 1.82) is 0 Å². The van der Waals surface area contributed by atoms with Gasteiger partial charge >= 0.3 is 0 Å². The Balaban J connectivity index is 1.95. The van der Waals surface area contributed by atoms with E-state index in [9.17, 15) is 4.79 Å². The first kappa shape index (κ1) is 14.4. The fourth-order valence-corrected chi connectivity index (χ4v) is 2.92. The van der Waals surface area contributed by atoms with Crippen LogP contribution in [0.1, 0.15) is 29.1 Å². The number of aromatic nitrogens is 3. The van der Waals surface area contributed by atoms with Gasteiger partial charge in [-0.25, -0.2) is 9.97 Å². The number of anilines is 1. The zero-order valence-corrected chi connectivity index (χ0v) is 13.0. The first-order valence-electron chi connectivity index (χ1n) is 6.84. The molecule has 0 bridgehead atoms. The molecule has 7 heteroatoms. The van der Waals surface area contributed by atoms with Crippen LogP contribution in [0.25, 0.3) is 10.2 Å². The van der Waals surface area contributed by atoms with E-state index in [1.165, 1.54) is 11.3 Å². The van der Waals surface area contributed by atoms with E-state index >= 15 is 0 Å². The van der Waals surface area contributed by atoms with Crippen LogP contribution >= 0.6 is 11.3 Å². The topological polar surface area (TPSA) is 79.8 Å². The van der Waals surface area contributed by atoms with Crippen LogP contribution in [-0.2, 0) is 0 Å². The van der Waals surface area contributed by atoms with Crippen LogP contribution in [0, 0.1) is 0 Å². The normalized spacial score (nSPS) is 12.1. The van der Waals surface area contributed by atoms with Crippen molar-refractivity contribution in [3.05, 3.63) is 47.2 Å². The highest BCUT2D eigenvalue weighted by Gasteiger charge is 2.16. The molecule has 22 heavy (non-hydrogen) atoms. The summed E-state index contributed by atoms with van der Waals surface area (Å²) in [6.45, 7) is 1.98. The molecule has 3 rings (SSSR count). The summed E-state index contributed by atoms with van der Waals surface area (Å²) in [5.74, 6) is 0.200. The molecule has 3 aromatic rings. The Morgan fingerprint density at radius 2 is 2.14 bits per heavy atom. The summed E-state index contributed by atoms with van der Waals surface area (Å²) in [7, 11) is 1.59. The Labute approximate surface area is 131 Å². The maximum Gasteiger partial charge on any atom is 0.271 e. The SMILES string of the molecule is CNC(=O)c1nc(N[C@@H](C)c2ccccn2)nc2ccsc12. The van der Waals surface area contributed by atoms with Crippen molar-refractivity contribution in [3.8, 4) is 0 Å². The van der Waals surface area contributed by atoms with Crippen molar-refractivity contribution in [2.75, 3.05) is 12.4 Å². The lowest BCUT2D eigenvalue weighted by molar-refractivity contribution is 0.0960. The Hall–Kier alpha value is -2.54. The molecule has 0 aliphatic heterocycles. The smallest absolute Gasteiger partial charge is 0.271 e. The second kappa shape index (κ2) is 6.07. The zero-order chi connectivity index (χ0) is 15.5. The van der Waals surface area contributed by atoms with E-state index in [2.05, 4.69) is 25.6 Å². The fraction of sp³-hybridized carbons (Fsp3) is 0.200. The molecule has 0 aliphatic rings. The minimum Gasteiger partial charge on any atom is -0.354 e. The molecule has 3 heterocycles. The largest absolute Gasteiger partial charge is 0.354 e. The lowest BCUT2D eigenvalue weighted by Crippen LogP contribution is -2.21. The lowest BCUT2D eigenvalue weighted by Gasteiger charge is -2.14. The summed E-state index contributed by atoms with van der Waals surface area (Å²) in [4.78, 5) is 25.1. The average Bonchev–Trinajstić information content (AvgIpc) is 3.02. The van der Waals surface area contributed by atoms with E-state index < -0.39 is 0 Å². The van der Waals surface area contributed by atoms with Crippen molar-refractivity contribution in [2.24, 2.45) is 0 Å². The van der Waals surface area contributed by atoms with Gasteiger partial charge in [0.2, 0.25) is 5.95 Å². The minimum atomic E-state index is -0.219. The van der Waals surface area contributed by atoms with Crippen LogP contribution in [0.4, 0.5) is 5.95 Å². The van der Waals surface area contributed by atoms with E-state index in [0.717, 1.165) is 15.9 Å². The Bertz CT molecular complexity index is 802. The molecule has 0 unspecified atom stereocenters. The Morgan fingerprint density at radius 3 is 2.86 bits per heavy atom. The molecule has 112 valence electrons. The quantitative estimate of drug-likeness (QED) is 0.774. The highest BCUT2D eigenvalue weighted by atomic mass is 32.1. The van der Waals surface area contributed by atoms with E-state index in [1.54, 1.807) is 13.2 Å². The fourth-order valence-electron chi connectivity index (χ4n) is 2.10. The van der Waals surface area contributed by atoms with Crippen LogP contribution in [0.15, 0.2) is 35.8 Å². The van der Waals surface area contributed by atoms with Gasteiger partial charge in [-0.05, 0) is 30.5 Å². The minimum absolute atomic E-state index is 0.0603. The van der Waals surface area contributed by atoms with Crippen LogP contribution in [-0.4, -0.2) is 27.9 Å². The van der Waals surface area contributed by atoms with Crippen molar-refractivity contribution in [3.63, 3.8) is 0 Å². The van der Waals surface area contributed by atoms with E-state index in [1.807, 2.05) is 36.6 Å². The molecule has 0 saturated carbocycles. The predicted molar refractivity (Wildman–Crippen MR) is 87.1 cm³/mol. The van der Waals surface area contributed by atoms with Crippen LogP contribution < -0.4 is 10.6 Å². The zero-order valence-electron chi connectivity index (χ0n) is 12.2. The number of rotatable bonds is 4. The third-order valence-electron chi connectivity index (χ3n) is 3.22. The van der Waals surface area contributed by atoms with E-state index in [0.29, 0.717) is 11.6 Å². The van der Waals surface area contributed by atoms with E-state index in [4.69, 9.17) is 0 Å². The summed E-state index contributed by atoms with van der Waals surface area (Å²) in [5.41, 5.74) is 2.03. The highest BCUT2D eigenvalue weighted by Crippen LogP contribution is 2.24. The molecule has 1 atom stereocenters. The van der Waals surface area contributed by atoms with Gasteiger partial charge in [0.1, 0.15) is 0 Å². The summed E-state index contributed by atoms with van der Waals surface area (Å²) in [6.07, 6.45) is 1.74. The molecule has 0 radical (unpaired) electrons. The van der Waals surface area contributed by atoms with Gasteiger partial charge in [0, 0.05) is 13.2 Å². The molecular formula is C15H15N5OS. The molecule has 0 aliphatic carbocycles. The standard InChI is InChI=1S/C15H15N5OS/c1-9(10-5-3-4-7-17-10)18-15-19-11-6-8-22-13(11)12(20-15)14(21)16-2/h3-9H,1-2H3,(H,16,21)(H,18,19,20)/t9-/m0/s1. The number of fused-ring (bicyclic) bond motifs is 1. The van der Waals surface area contributed by atoms with Gasteiger partial charge in [-0.2, -0.15) is 0 Å². The lowest BCUT2D eigenvalue weighted by atomic mass is 10.2. The maximum absolute atomic E-state index is 12.0. The summed E-state index contributed by atoms with van der Waals surface area (Å²) >= 11 is 1.46. The molecule has 2 N–H and O–H groups in total. The molecule has 0 spiro atoms. The molecule has 0 fully saturated rings. The van der Waals surface area contributed by atoms with Gasteiger partial charge < -0.3 is 10.6 Å². The van der Waals surface area contributed by atoms with Gasteiger partial charge in [-0.15, -0.1) is 11.3 Å². The highest BCUT2D eigenvalue weighted by molar-refractivity contribution is 7.17. The van der Waals surface area contributed by atoms with Gasteiger partial charge in [-0.1, -0.05) is 6.07 Å². The third-order valence-corrected chi connectivity index (χ3v) is 4.13. The molecule has 6 nitrogen and oxygen atoms in total. The van der Waals surface area contributed by atoms with Crippen molar-refractivity contribution in [2.45, 2.75) is 13.0 Å². The second-order valence-electron chi connectivity index (χ2n) is 4.73. The van der Waals surface area contributed by atoms with E-state index in [-0.39, 0.29) is 11.9 Å². The molecule has 0 saturated heterocycles. The molecule has 1 amide bonds. The van der Waals surface area contributed by atoms with Crippen molar-refractivity contribution < 1.29 is 4.79 Å². The summed E-state index contributed by atoms with van der Waals surface area (Å²) in [6, 6.07) is 7.55. The Morgan fingerprint density at radius 1 is 1.27 bits per heavy atom. The predicted octanol–water partition coefficient (Wildman–Crippen LogP) is 2.62. The number of hydrogen-bond donors (Lipinski definition) is 2. The van der Waals surface area contributed by atoms with Crippen LogP contribution in [0.5, 0.6) is 0 Å². The van der Waals surface area contributed by atoms with Crippen molar-refractivity contribution >= 4 is 33.4 Å². The third kappa shape index (κ3) is 2.75. The number of pyridine rings is 1. The first-order valence-corrected chi connectivity index (χ1v) is 7.72. The van der Waals surface area contributed by atoms with Gasteiger partial charge in [0.25, 0.3) is 5.91 Å². The Kier molecular flexibility index (Phi) is 3.97.